The number of carbonyl (C=O) groups is 1. The average Bonchev–Trinajstić information content (AvgIpc) is 2.63. The van der Waals surface area contributed by atoms with E-state index in [1.165, 1.54) is 57.1 Å². The number of carboxylic acids is 1. The lowest BCUT2D eigenvalue weighted by molar-refractivity contribution is -0.423. The van der Waals surface area contributed by atoms with Crippen molar-refractivity contribution in [2.45, 2.75) is 58.3 Å². The van der Waals surface area contributed by atoms with E-state index in [0.29, 0.717) is 0 Å². The van der Waals surface area contributed by atoms with Crippen LogP contribution < -0.4 is 0 Å². The van der Waals surface area contributed by atoms with Crippen LogP contribution in [0, 0.1) is 10.1 Å². The number of hydrogen-bond donors (Lipinski definition) is 2. The summed E-state index contributed by atoms with van der Waals surface area (Å²) in [5.74, 6) is -2.70. The summed E-state index contributed by atoms with van der Waals surface area (Å²) < 4.78 is 0. The van der Waals surface area contributed by atoms with Crippen LogP contribution in [0.3, 0.4) is 0 Å². The lowest BCUT2D eigenvalue weighted by Crippen LogP contribution is -2.12. The van der Waals surface area contributed by atoms with Crippen molar-refractivity contribution in [3.05, 3.63) is 82.3 Å². The van der Waals surface area contributed by atoms with Crippen molar-refractivity contribution in [1.82, 2.24) is 0 Å². The number of nitro groups is 1. The molecule has 0 bridgehead atoms. The Balaban J connectivity index is 4.03. The lowest BCUT2D eigenvalue weighted by atomic mass is 10.1. The maximum Gasteiger partial charge on any atom is 0.411 e. The smallest absolute Gasteiger partial charge is 0.411 e. The first kappa shape index (κ1) is 25.1. The zero-order valence-electron chi connectivity index (χ0n) is 16.5. The molecule has 0 aromatic rings. The SMILES string of the molecule is CCCCCCCCCC=CC=CC=CC=CC=CC(O)=C(C(=O)O)[N+](=O)[O-]. The van der Waals surface area contributed by atoms with Crippen LogP contribution in [0.5, 0.6) is 0 Å². The summed E-state index contributed by atoms with van der Waals surface area (Å²) in [6.45, 7) is 2.23. The minimum absolute atomic E-state index is 0.905. The molecule has 0 amide bonds. The molecule has 0 aliphatic carbocycles. The summed E-state index contributed by atoms with van der Waals surface area (Å²) in [6, 6.07) is 0. The molecule has 154 valence electrons. The topological polar surface area (TPSA) is 101 Å². The van der Waals surface area contributed by atoms with E-state index < -0.39 is 22.3 Å². The Morgan fingerprint density at radius 3 is 1.86 bits per heavy atom. The number of allylic oxidation sites excluding steroid dienone is 10. The Hall–Kier alpha value is -2.89. The molecule has 0 rings (SSSR count). The predicted octanol–water partition coefficient (Wildman–Crippen LogP) is 6.04. The monoisotopic (exact) mass is 389 g/mol. The average molecular weight is 389 g/mol. The summed E-state index contributed by atoms with van der Waals surface area (Å²) >= 11 is 0. The summed E-state index contributed by atoms with van der Waals surface area (Å²) in [5, 5.41) is 28.5. The standard InChI is InChI=1S/C22H31NO5/c1-2-3-4-5-6-7-8-9-10-11-12-13-14-15-16-17-18-19-20(24)21(22(25)26)23(27)28/h10-19,24H,2-9H2,1H3,(H,25,26). The molecule has 0 fully saturated rings. The van der Waals surface area contributed by atoms with Crippen molar-refractivity contribution in [3.63, 3.8) is 0 Å². The fourth-order valence-electron chi connectivity index (χ4n) is 2.29. The van der Waals surface area contributed by atoms with Crippen LogP contribution in [0.1, 0.15) is 58.3 Å². The van der Waals surface area contributed by atoms with Crippen LogP contribution >= 0.6 is 0 Å². The van der Waals surface area contributed by atoms with Gasteiger partial charge in [0, 0.05) is 0 Å². The number of hydrogen-bond acceptors (Lipinski definition) is 4. The lowest BCUT2D eigenvalue weighted by Gasteiger charge is -1.98. The highest BCUT2D eigenvalue weighted by Gasteiger charge is 2.25. The van der Waals surface area contributed by atoms with Gasteiger partial charge in [-0.25, -0.2) is 4.79 Å². The molecule has 0 saturated heterocycles. The second-order valence-corrected chi connectivity index (χ2v) is 6.15. The number of rotatable bonds is 15. The van der Waals surface area contributed by atoms with Gasteiger partial charge >= 0.3 is 11.7 Å². The van der Waals surface area contributed by atoms with E-state index in [0.717, 1.165) is 12.5 Å². The molecule has 0 heterocycles. The molecule has 0 saturated carbocycles. The van der Waals surface area contributed by atoms with E-state index in [1.54, 1.807) is 12.2 Å². The van der Waals surface area contributed by atoms with Gasteiger partial charge in [-0.1, -0.05) is 100 Å². The Morgan fingerprint density at radius 2 is 1.32 bits per heavy atom. The first-order valence-corrected chi connectivity index (χ1v) is 9.64. The molecular weight excluding hydrogens is 358 g/mol. The third kappa shape index (κ3) is 14.3. The van der Waals surface area contributed by atoms with Gasteiger partial charge in [-0.05, 0) is 18.9 Å². The minimum Gasteiger partial charge on any atom is -0.502 e. The highest BCUT2D eigenvalue weighted by Crippen LogP contribution is 2.08. The van der Waals surface area contributed by atoms with Gasteiger partial charge in [0.05, 0.1) is 4.92 Å². The quantitative estimate of drug-likeness (QED) is 0.0888. The molecule has 0 aromatic heterocycles. The molecule has 0 atom stereocenters. The van der Waals surface area contributed by atoms with Gasteiger partial charge in [0.25, 0.3) is 0 Å². The zero-order chi connectivity index (χ0) is 21.0. The highest BCUT2D eigenvalue weighted by molar-refractivity contribution is 5.84. The van der Waals surface area contributed by atoms with Crippen LogP contribution in [-0.4, -0.2) is 21.1 Å². The van der Waals surface area contributed by atoms with Gasteiger partial charge in [0.15, 0.2) is 0 Å². The fourth-order valence-corrected chi connectivity index (χ4v) is 2.29. The Bertz CT molecular complexity index is 623. The van der Waals surface area contributed by atoms with Crippen molar-refractivity contribution in [1.29, 1.82) is 0 Å². The summed E-state index contributed by atoms with van der Waals surface area (Å²) in [5.41, 5.74) is -1.26. The molecule has 2 N–H and O–H groups in total. The molecule has 0 spiro atoms. The molecule has 6 heteroatoms. The molecule has 0 aliphatic heterocycles. The van der Waals surface area contributed by atoms with E-state index in [-0.39, 0.29) is 0 Å². The van der Waals surface area contributed by atoms with Crippen LogP contribution in [0.4, 0.5) is 0 Å². The van der Waals surface area contributed by atoms with Crippen molar-refractivity contribution in [3.8, 4) is 0 Å². The van der Waals surface area contributed by atoms with Gasteiger partial charge in [0.1, 0.15) is 0 Å². The first-order valence-electron chi connectivity index (χ1n) is 9.64. The van der Waals surface area contributed by atoms with Crippen LogP contribution in [0.25, 0.3) is 0 Å². The van der Waals surface area contributed by atoms with Gasteiger partial charge in [-0.2, -0.15) is 0 Å². The maximum absolute atomic E-state index is 10.6. The zero-order valence-corrected chi connectivity index (χ0v) is 16.5. The predicted molar refractivity (Wildman–Crippen MR) is 113 cm³/mol. The van der Waals surface area contributed by atoms with Crippen molar-refractivity contribution in [2.75, 3.05) is 0 Å². The number of aliphatic carboxylic acids is 1. The van der Waals surface area contributed by atoms with Gasteiger partial charge in [0.2, 0.25) is 5.76 Å². The largest absolute Gasteiger partial charge is 0.502 e. The minimum atomic E-state index is -1.79. The first-order chi connectivity index (χ1) is 13.5. The third-order valence-corrected chi connectivity index (χ3v) is 3.77. The van der Waals surface area contributed by atoms with Gasteiger partial charge in [-0.3, -0.25) is 10.1 Å². The molecule has 0 aromatic carbocycles. The van der Waals surface area contributed by atoms with Crippen LogP contribution in [-0.2, 0) is 4.79 Å². The summed E-state index contributed by atoms with van der Waals surface area (Å²) in [6.07, 6.45) is 27.3. The number of carboxylic acid groups (broad SMARTS) is 1. The second kappa shape index (κ2) is 17.5. The molecular formula is C22H31NO5. The van der Waals surface area contributed by atoms with Crippen LogP contribution in [0.2, 0.25) is 0 Å². The molecule has 6 nitrogen and oxygen atoms in total. The molecule has 0 unspecified atom stereocenters. The van der Waals surface area contributed by atoms with E-state index in [4.69, 9.17) is 5.11 Å². The van der Waals surface area contributed by atoms with E-state index in [1.807, 2.05) is 24.3 Å². The normalized spacial score (nSPS) is 13.5. The number of aliphatic hydroxyl groups is 1. The van der Waals surface area contributed by atoms with Crippen molar-refractivity contribution >= 4 is 5.97 Å². The van der Waals surface area contributed by atoms with Crippen molar-refractivity contribution in [2.24, 2.45) is 0 Å². The fraction of sp³-hybridized carbons (Fsp3) is 0.409. The second-order valence-electron chi connectivity index (χ2n) is 6.15. The van der Waals surface area contributed by atoms with E-state index in [2.05, 4.69) is 13.0 Å². The third-order valence-electron chi connectivity index (χ3n) is 3.77. The highest BCUT2D eigenvalue weighted by atomic mass is 16.6. The van der Waals surface area contributed by atoms with E-state index >= 15 is 0 Å². The van der Waals surface area contributed by atoms with E-state index in [9.17, 15) is 20.0 Å². The Kier molecular flexibility index (Phi) is 15.7. The van der Waals surface area contributed by atoms with Crippen LogP contribution in [0.15, 0.2) is 72.2 Å². The number of nitrogens with zero attached hydrogens (tertiary/aromatic N) is 1. The molecule has 0 aliphatic rings. The maximum atomic E-state index is 10.6. The summed E-state index contributed by atoms with van der Waals surface area (Å²) in [4.78, 5) is 20.0. The van der Waals surface area contributed by atoms with Crippen molar-refractivity contribution < 1.29 is 19.9 Å². The van der Waals surface area contributed by atoms with Gasteiger partial charge in [-0.15, -0.1) is 0 Å². The summed E-state index contributed by atoms with van der Waals surface area (Å²) in [7, 11) is 0. The Labute approximate surface area is 167 Å². The van der Waals surface area contributed by atoms with Gasteiger partial charge < -0.3 is 10.2 Å². The number of aliphatic hydroxyl groups excluding tert-OH is 1. The molecule has 28 heavy (non-hydrogen) atoms. The Morgan fingerprint density at radius 1 is 0.821 bits per heavy atom. The number of unbranched alkanes of at least 4 members (excludes halogenated alkanes) is 7. The molecule has 0 radical (unpaired) electrons.